The molecule has 1 unspecified atom stereocenters. The van der Waals surface area contributed by atoms with Crippen LogP contribution in [0.3, 0.4) is 0 Å². The van der Waals surface area contributed by atoms with Crippen molar-refractivity contribution in [3.8, 4) is 11.5 Å². The molecule has 3 rings (SSSR count). The number of aliphatic hydroxyl groups excluding tert-OH is 1. The predicted octanol–water partition coefficient (Wildman–Crippen LogP) is 3.63. The van der Waals surface area contributed by atoms with Crippen LogP contribution >= 0.6 is 0 Å². The molecule has 0 saturated heterocycles. The van der Waals surface area contributed by atoms with E-state index in [-0.39, 0.29) is 23.8 Å². The Hall–Kier alpha value is -2.45. The fourth-order valence-electron chi connectivity index (χ4n) is 4.32. The fourth-order valence-corrected chi connectivity index (χ4v) is 4.32. The smallest absolute Gasteiger partial charge is 0.196 e. The summed E-state index contributed by atoms with van der Waals surface area (Å²) in [5.74, 6) is 2.06. The van der Waals surface area contributed by atoms with Gasteiger partial charge in [0.25, 0.3) is 0 Å². The minimum Gasteiger partial charge on any atom is -0.504 e. The van der Waals surface area contributed by atoms with Crippen LogP contribution in [0.2, 0.25) is 0 Å². The van der Waals surface area contributed by atoms with Crippen LogP contribution in [-0.4, -0.2) is 66.2 Å². The third-order valence-corrected chi connectivity index (χ3v) is 6.64. The molecule has 0 radical (unpaired) electrons. The average Bonchev–Trinajstić information content (AvgIpc) is 3.53. The number of hydrogen-bond donors (Lipinski definition) is 4. The summed E-state index contributed by atoms with van der Waals surface area (Å²) < 4.78 is 10.9. The largest absolute Gasteiger partial charge is 0.504 e. The van der Waals surface area contributed by atoms with E-state index in [2.05, 4.69) is 47.7 Å². The van der Waals surface area contributed by atoms with E-state index in [9.17, 15) is 10.2 Å². The molecule has 0 saturated carbocycles. The van der Waals surface area contributed by atoms with Gasteiger partial charge in [-0.25, -0.2) is 0 Å². The van der Waals surface area contributed by atoms with Crippen LogP contribution in [-0.2, 0) is 6.42 Å². The minimum atomic E-state index is -0.359. The van der Waals surface area contributed by atoms with Gasteiger partial charge in [-0.1, -0.05) is 19.4 Å². The van der Waals surface area contributed by atoms with E-state index in [0.717, 1.165) is 49.1 Å². The summed E-state index contributed by atoms with van der Waals surface area (Å²) in [7, 11) is 1.88. The SMILES string of the molecule is CCCCC1C=C[C-](CCc2ccc(O)c(OC[C@H](NC)C3=C[C+]([C@H](C)CNC[C@H](C)O)C=N3)c2)[OH+]1. The molecule has 2 heterocycles. The Bertz CT molecular complexity index is 899. The first kappa shape index (κ1) is 28.1. The monoisotopic (exact) mass is 498 g/mol. The van der Waals surface area contributed by atoms with Crippen molar-refractivity contribution >= 4 is 6.21 Å². The van der Waals surface area contributed by atoms with Gasteiger partial charge in [0.1, 0.15) is 30.9 Å². The normalized spacial score (nSPS) is 19.6. The first-order valence-electron chi connectivity index (χ1n) is 13.3. The van der Waals surface area contributed by atoms with Crippen LogP contribution in [0.5, 0.6) is 11.5 Å². The molecule has 0 amide bonds. The lowest BCUT2D eigenvalue weighted by atomic mass is 9.95. The number of aromatic hydroxyl groups is 1. The van der Waals surface area contributed by atoms with Gasteiger partial charge in [-0.15, -0.1) is 17.1 Å². The third-order valence-electron chi connectivity index (χ3n) is 6.64. The summed E-state index contributed by atoms with van der Waals surface area (Å²) in [4.78, 5) is 4.60. The van der Waals surface area contributed by atoms with Crippen molar-refractivity contribution in [2.75, 3.05) is 26.7 Å². The van der Waals surface area contributed by atoms with E-state index in [1.54, 1.807) is 13.0 Å². The molecule has 0 fully saturated rings. The molecule has 2 aliphatic heterocycles. The lowest BCUT2D eigenvalue weighted by Gasteiger charge is -2.18. The number of aryl methyl sites for hydroxylation is 1. The summed E-state index contributed by atoms with van der Waals surface area (Å²) in [6.07, 6.45) is 14.8. The zero-order valence-electron chi connectivity index (χ0n) is 22.2. The molecule has 1 aromatic carbocycles. The maximum Gasteiger partial charge on any atom is 0.196 e. The molecule has 1 aromatic rings. The Balaban J connectivity index is 1.49. The number of likely N-dealkylation sites (N-methyl/N-ethyl adjacent to an activating group) is 1. The first-order chi connectivity index (χ1) is 17.4. The Morgan fingerprint density at radius 1 is 1.28 bits per heavy atom. The number of rotatable bonds is 16. The van der Waals surface area contributed by atoms with E-state index < -0.39 is 0 Å². The lowest BCUT2D eigenvalue weighted by Crippen LogP contribution is -2.33. The number of nitrogens with one attached hydrogen (secondary N) is 2. The van der Waals surface area contributed by atoms with Crippen molar-refractivity contribution in [2.45, 2.75) is 71.1 Å². The number of nitrogens with zero attached hydrogens (tertiary/aromatic N) is 1. The number of allylic oxidation sites excluding steroid dienone is 1. The summed E-state index contributed by atoms with van der Waals surface area (Å²) in [5, 5.41) is 26.3. The van der Waals surface area contributed by atoms with Gasteiger partial charge in [-0.2, -0.15) is 0 Å². The van der Waals surface area contributed by atoms with Gasteiger partial charge in [-0.3, -0.25) is 5.32 Å². The summed E-state index contributed by atoms with van der Waals surface area (Å²) in [6, 6.07) is 5.48. The van der Waals surface area contributed by atoms with Gasteiger partial charge < -0.3 is 25.0 Å². The number of unbranched alkanes of at least 4 members (excludes halogenated alkanes) is 1. The maximum absolute atomic E-state index is 10.4. The van der Waals surface area contributed by atoms with E-state index >= 15 is 0 Å². The molecule has 2 aliphatic rings. The van der Waals surface area contributed by atoms with Crippen LogP contribution in [0.4, 0.5) is 0 Å². The van der Waals surface area contributed by atoms with Crippen LogP contribution in [0.15, 0.2) is 47.1 Å². The Kier molecular flexibility index (Phi) is 11.2. The Morgan fingerprint density at radius 3 is 2.86 bits per heavy atom. The molecule has 0 bridgehead atoms. The number of aliphatic hydroxyl groups is 3. The minimum absolute atomic E-state index is 0.0996. The van der Waals surface area contributed by atoms with Crippen LogP contribution < -0.4 is 15.4 Å². The van der Waals surface area contributed by atoms with Crippen LogP contribution in [0, 0.1) is 17.9 Å². The fraction of sp³-hybridized carbons (Fsp3) is 0.552. The highest BCUT2D eigenvalue weighted by Crippen LogP contribution is 2.30. The maximum atomic E-state index is 10.4. The van der Waals surface area contributed by atoms with Crippen molar-refractivity contribution in [2.24, 2.45) is 10.9 Å². The van der Waals surface area contributed by atoms with E-state index in [4.69, 9.17) is 9.47 Å². The molecular weight excluding hydrogens is 454 g/mol. The van der Waals surface area contributed by atoms with Crippen molar-refractivity contribution in [3.63, 3.8) is 0 Å². The molecule has 7 heteroatoms. The molecular formula is C29H44N3O4+. The Labute approximate surface area is 216 Å². The second-order valence-corrected chi connectivity index (χ2v) is 9.88. The summed E-state index contributed by atoms with van der Waals surface area (Å²) in [5.41, 5.74) is 2.03. The van der Waals surface area contributed by atoms with Crippen molar-refractivity contribution in [1.29, 1.82) is 0 Å². The van der Waals surface area contributed by atoms with Crippen molar-refractivity contribution < 1.29 is 19.7 Å². The van der Waals surface area contributed by atoms with Crippen molar-refractivity contribution in [1.82, 2.24) is 10.6 Å². The molecule has 0 spiro atoms. The second-order valence-electron chi connectivity index (χ2n) is 9.88. The molecule has 7 nitrogen and oxygen atoms in total. The molecule has 0 aliphatic carbocycles. The molecule has 36 heavy (non-hydrogen) atoms. The Morgan fingerprint density at radius 2 is 2.11 bits per heavy atom. The van der Waals surface area contributed by atoms with E-state index in [1.165, 1.54) is 12.8 Å². The van der Waals surface area contributed by atoms with Crippen LogP contribution in [0.1, 0.15) is 52.0 Å². The zero-order chi connectivity index (χ0) is 25.9. The highest BCUT2D eigenvalue weighted by molar-refractivity contribution is 5.83. The number of phenolic OH excluding ortho intramolecular Hbond substituents is 1. The highest BCUT2D eigenvalue weighted by Gasteiger charge is 2.32. The topological polar surface area (TPSA) is 98.9 Å². The number of benzene rings is 1. The average molecular weight is 499 g/mol. The van der Waals surface area contributed by atoms with Gasteiger partial charge in [-0.05, 0) is 57.9 Å². The summed E-state index contributed by atoms with van der Waals surface area (Å²) in [6.45, 7) is 7.83. The predicted molar refractivity (Wildman–Crippen MR) is 146 cm³/mol. The van der Waals surface area contributed by atoms with E-state index in [1.807, 2.05) is 25.4 Å². The van der Waals surface area contributed by atoms with Crippen LogP contribution in [0.25, 0.3) is 0 Å². The molecule has 198 valence electrons. The van der Waals surface area contributed by atoms with Gasteiger partial charge in [0.05, 0.1) is 18.1 Å². The third kappa shape index (κ3) is 8.59. The zero-order valence-corrected chi connectivity index (χ0v) is 22.2. The number of ether oxygens (including phenoxy) is 2. The summed E-state index contributed by atoms with van der Waals surface area (Å²) >= 11 is 0. The standard InChI is InChI=1S/C29H43N3O4/c1-5-6-7-24-11-12-25(36-24)10-8-22-9-13-28(34)29(14-22)35-19-27(30-4)26-15-23(18-32-26)20(2)16-31-17-21(3)33/h9,11-15,18,20-21,24,27,30-31,33,36H,5-8,10,16-17,19H2,1-4H3/p+1/t20-,21+,24?,27+/m1/s1. The first-order valence-corrected chi connectivity index (χ1v) is 13.3. The van der Waals surface area contributed by atoms with Gasteiger partial charge in [0.2, 0.25) is 0 Å². The molecule has 5 N–H and O–H groups in total. The number of phenols is 1. The lowest BCUT2D eigenvalue weighted by molar-refractivity contribution is -0.0480. The second kappa shape index (κ2) is 14.3. The number of aliphatic imine (C=N–C) groups is 1. The number of hydrogen-bond acceptors (Lipinski definition) is 6. The quantitative estimate of drug-likeness (QED) is 0.206. The molecule has 4 atom stereocenters. The van der Waals surface area contributed by atoms with Gasteiger partial charge >= 0.3 is 0 Å². The molecule has 0 aromatic heterocycles. The highest BCUT2D eigenvalue weighted by atomic mass is 16.5. The van der Waals surface area contributed by atoms with Gasteiger partial charge in [0, 0.05) is 19.5 Å². The van der Waals surface area contributed by atoms with Crippen molar-refractivity contribution in [3.05, 3.63) is 59.7 Å². The van der Waals surface area contributed by atoms with Gasteiger partial charge in [0.15, 0.2) is 23.2 Å². The van der Waals surface area contributed by atoms with E-state index in [0.29, 0.717) is 25.0 Å².